The van der Waals surface area contributed by atoms with E-state index in [1.54, 1.807) is 49.9 Å². The number of ether oxygens (including phenoxy) is 1. The number of alkyl carbamates (subject to hydrolysis) is 1. The van der Waals surface area contributed by atoms with Crippen molar-refractivity contribution >= 4 is 17.9 Å². The van der Waals surface area contributed by atoms with E-state index in [4.69, 9.17) is 4.74 Å². The van der Waals surface area contributed by atoms with Crippen LogP contribution in [-0.2, 0) is 20.7 Å². The number of carbonyl (C=O) groups is 3. The maximum atomic E-state index is 14.6. The molecule has 1 aliphatic rings. The zero-order valence-corrected chi connectivity index (χ0v) is 25.6. The Hall–Kier alpha value is -3.55. The molecule has 0 heterocycles. The second kappa shape index (κ2) is 13.4. The third kappa shape index (κ3) is 9.51. The standard InChI is InChI=1S/C33H47N3O5/c1-22-13-17-24(18-14-22)28(29(38)34-25-11-9-8-10-12-25)36(32(2,3)4)30(39)27(35-31(40)41-33(5,6)7)21-23-15-19-26(37)20-16-23/h13-20,25,27-28,37H,8-12,21H2,1-7H3,(H,34,38)(H,35,40). The summed E-state index contributed by atoms with van der Waals surface area (Å²) in [5.74, 6) is -0.530. The van der Waals surface area contributed by atoms with Gasteiger partial charge in [0.05, 0.1) is 0 Å². The van der Waals surface area contributed by atoms with Crippen LogP contribution in [0.5, 0.6) is 5.75 Å². The van der Waals surface area contributed by atoms with Gasteiger partial charge in [0.25, 0.3) is 0 Å². The van der Waals surface area contributed by atoms with Gasteiger partial charge < -0.3 is 25.4 Å². The number of phenols is 1. The minimum atomic E-state index is -1.02. The third-order valence-corrected chi connectivity index (χ3v) is 7.18. The lowest BCUT2D eigenvalue weighted by molar-refractivity contribution is -0.148. The molecule has 0 bridgehead atoms. The number of rotatable bonds is 8. The van der Waals surface area contributed by atoms with Crippen molar-refractivity contribution in [3.8, 4) is 5.75 Å². The quantitative estimate of drug-likeness (QED) is 0.366. The van der Waals surface area contributed by atoms with Gasteiger partial charge in [-0.2, -0.15) is 0 Å². The molecule has 224 valence electrons. The number of nitrogens with zero attached hydrogens (tertiary/aromatic N) is 1. The summed E-state index contributed by atoms with van der Waals surface area (Å²) in [5.41, 5.74) is 0.951. The van der Waals surface area contributed by atoms with E-state index in [9.17, 15) is 19.5 Å². The molecular weight excluding hydrogens is 518 g/mol. The molecule has 8 nitrogen and oxygen atoms in total. The molecule has 3 rings (SSSR count). The minimum Gasteiger partial charge on any atom is -0.508 e. The minimum absolute atomic E-state index is 0.0637. The molecule has 2 aromatic carbocycles. The normalized spacial score (nSPS) is 15.9. The number of nitrogens with one attached hydrogen (secondary N) is 2. The van der Waals surface area contributed by atoms with Crippen molar-refractivity contribution in [1.82, 2.24) is 15.5 Å². The van der Waals surface area contributed by atoms with E-state index in [1.165, 1.54) is 0 Å². The van der Waals surface area contributed by atoms with Crippen LogP contribution in [0.1, 0.15) is 96.4 Å². The highest BCUT2D eigenvalue weighted by molar-refractivity contribution is 5.93. The van der Waals surface area contributed by atoms with Crippen molar-refractivity contribution < 1.29 is 24.2 Å². The predicted molar refractivity (Wildman–Crippen MR) is 161 cm³/mol. The van der Waals surface area contributed by atoms with Gasteiger partial charge >= 0.3 is 6.09 Å². The van der Waals surface area contributed by atoms with E-state index < -0.39 is 35.2 Å². The molecular formula is C33H47N3O5. The van der Waals surface area contributed by atoms with Crippen LogP contribution in [0.4, 0.5) is 4.79 Å². The largest absolute Gasteiger partial charge is 0.508 e. The molecule has 0 spiro atoms. The van der Waals surface area contributed by atoms with Crippen LogP contribution >= 0.6 is 0 Å². The zero-order chi connectivity index (χ0) is 30.4. The fourth-order valence-corrected chi connectivity index (χ4v) is 5.22. The Morgan fingerprint density at radius 2 is 1.51 bits per heavy atom. The van der Waals surface area contributed by atoms with E-state index >= 15 is 0 Å². The van der Waals surface area contributed by atoms with Crippen LogP contribution in [0, 0.1) is 6.92 Å². The molecule has 0 radical (unpaired) electrons. The highest BCUT2D eigenvalue weighted by Gasteiger charge is 2.42. The van der Waals surface area contributed by atoms with Crippen LogP contribution in [0.25, 0.3) is 0 Å². The second-order valence-electron chi connectivity index (χ2n) is 13.1. The molecule has 2 atom stereocenters. The van der Waals surface area contributed by atoms with Gasteiger partial charge in [0.15, 0.2) is 0 Å². The monoisotopic (exact) mass is 565 g/mol. The zero-order valence-electron chi connectivity index (χ0n) is 25.6. The Morgan fingerprint density at radius 1 is 0.927 bits per heavy atom. The van der Waals surface area contributed by atoms with Crippen molar-refractivity contribution in [3.05, 3.63) is 65.2 Å². The number of hydrogen-bond donors (Lipinski definition) is 3. The highest BCUT2D eigenvalue weighted by atomic mass is 16.6. The fourth-order valence-electron chi connectivity index (χ4n) is 5.22. The number of aryl methyl sites for hydroxylation is 1. The van der Waals surface area contributed by atoms with Gasteiger partial charge in [0.1, 0.15) is 23.4 Å². The lowest BCUT2D eigenvalue weighted by atomic mass is 9.92. The molecule has 1 fully saturated rings. The summed E-state index contributed by atoms with van der Waals surface area (Å²) in [6.45, 7) is 12.9. The average molecular weight is 566 g/mol. The molecule has 2 unspecified atom stereocenters. The lowest BCUT2D eigenvalue weighted by Crippen LogP contribution is -2.59. The first kappa shape index (κ1) is 32.0. The number of hydrogen-bond acceptors (Lipinski definition) is 5. The van der Waals surface area contributed by atoms with Gasteiger partial charge in [-0.3, -0.25) is 9.59 Å². The van der Waals surface area contributed by atoms with Crippen LogP contribution in [-0.4, -0.2) is 51.1 Å². The molecule has 0 aromatic heterocycles. The molecule has 3 amide bonds. The summed E-state index contributed by atoms with van der Waals surface area (Å²) in [6, 6.07) is 12.3. The molecule has 0 aliphatic heterocycles. The number of phenolic OH excluding ortho intramolecular Hbond substituents is 1. The Bertz CT molecular complexity index is 1170. The predicted octanol–water partition coefficient (Wildman–Crippen LogP) is 5.95. The summed E-state index contributed by atoms with van der Waals surface area (Å²) >= 11 is 0. The Labute approximate surface area is 244 Å². The van der Waals surface area contributed by atoms with E-state index in [1.807, 2.05) is 52.0 Å². The van der Waals surface area contributed by atoms with Gasteiger partial charge in [0, 0.05) is 18.0 Å². The molecule has 41 heavy (non-hydrogen) atoms. The number of aromatic hydroxyl groups is 1. The van der Waals surface area contributed by atoms with Crippen molar-refractivity contribution in [2.45, 2.75) is 116 Å². The first-order valence-electron chi connectivity index (χ1n) is 14.6. The van der Waals surface area contributed by atoms with Crippen LogP contribution in [0.3, 0.4) is 0 Å². The topological polar surface area (TPSA) is 108 Å². The maximum Gasteiger partial charge on any atom is 0.408 e. The SMILES string of the molecule is Cc1ccc(C(C(=O)NC2CCCCC2)N(C(=O)C(Cc2ccc(O)cc2)NC(=O)OC(C)(C)C)C(C)(C)C)cc1. The van der Waals surface area contributed by atoms with E-state index in [0.717, 1.165) is 43.2 Å². The Morgan fingerprint density at radius 3 is 2.05 bits per heavy atom. The second-order valence-corrected chi connectivity index (χ2v) is 13.1. The van der Waals surface area contributed by atoms with E-state index in [2.05, 4.69) is 10.6 Å². The lowest BCUT2D eigenvalue weighted by Gasteiger charge is -2.43. The first-order chi connectivity index (χ1) is 19.1. The molecule has 1 aliphatic carbocycles. The van der Waals surface area contributed by atoms with Crippen LogP contribution in [0.2, 0.25) is 0 Å². The Kier molecular flexibility index (Phi) is 10.5. The van der Waals surface area contributed by atoms with Gasteiger partial charge in [-0.15, -0.1) is 0 Å². The number of carbonyl (C=O) groups excluding carboxylic acids is 3. The summed E-state index contributed by atoms with van der Waals surface area (Å²) in [7, 11) is 0. The summed E-state index contributed by atoms with van der Waals surface area (Å²) in [4.78, 5) is 43.2. The summed E-state index contributed by atoms with van der Waals surface area (Å²) in [5, 5.41) is 15.8. The number of amides is 3. The average Bonchev–Trinajstić information content (AvgIpc) is 2.87. The Balaban J connectivity index is 2.04. The van der Waals surface area contributed by atoms with Crippen molar-refractivity contribution in [1.29, 1.82) is 0 Å². The van der Waals surface area contributed by atoms with Crippen molar-refractivity contribution in [3.63, 3.8) is 0 Å². The van der Waals surface area contributed by atoms with Gasteiger partial charge in [-0.1, -0.05) is 61.2 Å². The highest BCUT2D eigenvalue weighted by Crippen LogP contribution is 2.31. The molecule has 1 saturated carbocycles. The van der Waals surface area contributed by atoms with E-state index in [0.29, 0.717) is 5.56 Å². The first-order valence-corrected chi connectivity index (χ1v) is 14.6. The van der Waals surface area contributed by atoms with Gasteiger partial charge in [-0.05, 0) is 84.6 Å². The van der Waals surface area contributed by atoms with Gasteiger partial charge in [-0.25, -0.2) is 4.79 Å². The molecule has 8 heteroatoms. The third-order valence-electron chi connectivity index (χ3n) is 7.18. The van der Waals surface area contributed by atoms with Crippen molar-refractivity contribution in [2.24, 2.45) is 0 Å². The maximum absolute atomic E-state index is 14.6. The molecule has 3 N–H and O–H groups in total. The van der Waals surface area contributed by atoms with Crippen LogP contribution in [0.15, 0.2) is 48.5 Å². The smallest absolute Gasteiger partial charge is 0.408 e. The summed E-state index contributed by atoms with van der Waals surface area (Å²) < 4.78 is 5.51. The van der Waals surface area contributed by atoms with Crippen LogP contribution < -0.4 is 10.6 Å². The molecule has 2 aromatic rings. The van der Waals surface area contributed by atoms with Gasteiger partial charge in [0.2, 0.25) is 11.8 Å². The van der Waals surface area contributed by atoms with E-state index in [-0.39, 0.29) is 24.1 Å². The van der Waals surface area contributed by atoms with Crippen molar-refractivity contribution in [2.75, 3.05) is 0 Å². The number of benzene rings is 2. The molecule has 0 saturated heterocycles. The summed E-state index contributed by atoms with van der Waals surface area (Å²) in [6.07, 6.45) is 4.56. The fraction of sp³-hybridized carbons (Fsp3) is 0.545.